The third kappa shape index (κ3) is 4.71. The molecule has 2 N–H and O–H groups in total. The molecule has 0 aliphatic carbocycles. The van der Waals surface area contributed by atoms with Gasteiger partial charge in [-0.2, -0.15) is 4.98 Å². The topological polar surface area (TPSA) is 49.8 Å². The van der Waals surface area contributed by atoms with E-state index in [4.69, 9.17) is 0 Å². The Balaban J connectivity index is 1.90. The van der Waals surface area contributed by atoms with Crippen LogP contribution in [0.1, 0.15) is 18.2 Å². The minimum absolute atomic E-state index is 0.663. The van der Waals surface area contributed by atoms with Crippen LogP contribution in [0.5, 0.6) is 0 Å². The van der Waals surface area contributed by atoms with Crippen LogP contribution in [0.2, 0.25) is 0 Å². The fourth-order valence-corrected chi connectivity index (χ4v) is 3.42. The van der Waals surface area contributed by atoms with Crippen molar-refractivity contribution in [1.29, 1.82) is 0 Å². The molecular weight excluding hydrogens is 404 g/mol. The molecule has 0 spiro atoms. The van der Waals surface area contributed by atoms with E-state index in [1.54, 1.807) is 17.5 Å². The SMILES string of the molecule is CCCNc1ncc(Br)c(NCCc2ccc(Br)s2)n1. The first kappa shape index (κ1) is 15.7. The van der Waals surface area contributed by atoms with Crippen molar-refractivity contribution in [3.05, 3.63) is 31.5 Å². The Hall–Kier alpha value is -0.660. The first-order chi connectivity index (χ1) is 9.69. The molecule has 0 saturated heterocycles. The zero-order valence-corrected chi connectivity index (χ0v) is 15.1. The van der Waals surface area contributed by atoms with Gasteiger partial charge in [0.15, 0.2) is 0 Å². The van der Waals surface area contributed by atoms with E-state index in [9.17, 15) is 0 Å². The summed E-state index contributed by atoms with van der Waals surface area (Å²) < 4.78 is 2.05. The molecule has 0 aromatic carbocycles. The van der Waals surface area contributed by atoms with E-state index < -0.39 is 0 Å². The van der Waals surface area contributed by atoms with Gasteiger partial charge in [0.1, 0.15) is 5.82 Å². The summed E-state index contributed by atoms with van der Waals surface area (Å²) in [4.78, 5) is 10.0. The van der Waals surface area contributed by atoms with Gasteiger partial charge in [-0.1, -0.05) is 6.92 Å². The van der Waals surface area contributed by atoms with Crippen LogP contribution in [0, 0.1) is 0 Å². The maximum Gasteiger partial charge on any atom is 0.224 e. The maximum atomic E-state index is 4.46. The molecular formula is C13H16Br2N4S. The van der Waals surface area contributed by atoms with Gasteiger partial charge in [-0.15, -0.1) is 11.3 Å². The zero-order chi connectivity index (χ0) is 14.4. The third-order valence-corrected chi connectivity index (χ3v) is 4.83. The van der Waals surface area contributed by atoms with Crippen molar-refractivity contribution in [2.24, 2.45) is 0 Å². The number of aromatic nitrogens is 2. The lowest BCUT2D eigenvalue weighted by molar-refractivity contribution is 0.946. The quantitative estimate of drug-likeness (QED) is 0.691. The molecule has 0 atom stereocenters. The van der Waals surface area contributed by atoms with Crippen LogP contribution in [0.15, 0.2) is 26.6 Å². The van der Waals surface area contributed by atoms with E-state index in [0.29, 0.717) is 5.95 Å². The van der Waals surface area contributed by atoms with Gasteiger partial charge in [0.2, 0.25) is 5.95 Å². The van der Waals surface area contributed by atoms with Gasteiger partial charge < -0.3 is 10.6 Å². The predicted molar refractivity (Wildman–Crippen MR) is 92.7 cm³/mol. The van der Waals surface area contributed by atoms with Crippen molar-refractivity contribution in [1.82, 2.24) is 9.97 Å². The van der Waals surface area contributed by atoms with Gasteiger partial charge in [-0.05, 0) is 56.8 Å². The molecule has 0 amide bonds. The van der Waals surface area contributed by atoms with Gasteiger partial charge in [-0.25, -0.2) is 4.98 Å². The smallest absolute Gasteiger partial charge is 0.224 e. The van der Waals surface area contributed by atoms with E-state index in [1.165, 1.54) is 8.66 Å². The van der Waals surface area contributed by atoms with Crippen molar-refractivity contribution in [3.63, 3.8) is 0 Å². The Kier molecular flexibility index (Phi) is 6.25. The van der Waals surface area contributed by atoms with Gasteiger partial charge in [0.25, 0.3) is 0 Å². The summed E-state index contributed by atoms with van der Waals surface area (Å²) in [6, 6.07) is 4.22. The summed E-state index contributed by atoms with van der Waals surface area (Å²) in [7, 11) is 0. The lowest BCUT2D eigenvalue weighted by Gasteiger charge is -2.09. The summed E-state index contributed by atoms with van der Waals surface area (Å²) in [6.07, 6.45) is 3.80. The minimum Gasteiger partial charge on any atom is -0.369 e. The molecule has 0 radical (unpaired) electrons. The third-order valence-electron chi connectivity index (χ3n) is 2.57. The summed E-state index contributed by atoms with van der Waals surface area (Å²) in [6.45, 7) is 3.84. The molecule has 0 saturated carbocycles. The fourth-order valence-electron chi connectivity index (χ4n) is 1.60. The van der Waals surface area contributed by atoms with Gasteiger partial charge in [-0.3, -0.25) is 0 Å². The number of nitrogens with zero attached hydrogens (tertiary/aromatic N) is 2. The molecule has 2 heterocycles. The maximum absolute atomic E-state index is 4.46. The van der Waals surface area contributed by atoms with Crippen molar-refractivity contribution in [2.75, 3.05) is 23.7 Å². The van der Waals surface area contributed by atoms with Crippen LogP contribution >= 0.6 is 43.2 Å². The monoisotopic (exact) mass is 418 g/mol. The molecule has 7 heteroatoms. The number of anilines is 2. The molecule has 2 aromatic heterocycles. The lowest BCUT2D eigenvalue weighted by atomic mass is 10.3. The van der Waals surface area contributed by atoms with Crippen molar-refractivity contribution < 1.29 is 0 Å². The highest BCUT2D eigenvalue weighted by Crippen LogP contribution is 2.23. The van der Waals surface area contributed by atoms with Crippen molar-refractivity contribution in [3.8, 4) is 0 Å². The van der Waals surface area contributed by atoms with E-state index in [-0.39, 0.29) is 0 Å². The van der Waals surface area contributed by atoms with Crippen LogP contribution in [0.4, 0.5) is 11.8 Å². The van der Waals surface area contributed by atoms with Crippen LogP contribution in [-0.4, -0.2) is 23.1 Å². The van der Waals surface area contributed by atoms with E-state index in [2.05, 4.69) is 71.5 Å². The molecule has 4 nitrogen and oxygen atoms in total. The number of nitrogens with one attached hydrogen (secondary N) is 2. The van der Waals surface area contributed by atoms with Crippen LogP contribution in [-0.2, 0) is 6.42 Å². The Morgan fingerprint density at radius 3 is 2.75 bits per heavy atom. The average molecular weight is 420 g/mol. The van der Waals surface area contributed by atoms with E-state index in [0.717, 1.165) is 36.2 Å². The molecule has 2 aromatic rings. The molecule has 0 fully saturated rings. The second kappa shape index (κ2) is 7.95. The molecule has 2 rings (SSSR count). The molecule has 0 aliphatic rings. The van der Waals surface area contributed by atoms with Gasteiger partial charge in [0.05, 0.1) is 8.26 Å². The number of hydrogen-bond donors (Lipinski definition) is 2. The average Bonchev–Trinajstić information content (AvgIpc) is 2.85. The standard InChI is InChI=1S/C13H16Br2N4S/c1-2-6-17-13-18-8-10(14)12(19-13)16-7-5-9-3-4-11(15)20-9/h3-4,8H,2,5-7H2,1H3,(H2,16,17,18,19). The summed E-state index contributed by atoms with van der Waals surface area (Å²) >= 11 is 8.71. The molecule has 108 valence electrons. The number of halogens is 2. The predicted octanol–water partition coefficient (Wildman–Crippen LogP) is 4.54. The lowest BCUT2D eigenvalue weighted by Crippen LogP contribution is -2.10. The molecule has 0 aliphatic heterocycles. The normalized spacial score (nSPS) is 10.6. The summed E-state index contributed by atoms with van der Waals surface area (Å²) in [5, 5.41) is 6.53. The highest BCUT2D eigenvalue weighted by atomic mass is 79.9. The van der Waals surface area contributed by atoms with E-state index >= 15 is 0 Å². The van der Waals surface area contributed by atoms with Gasteiger partial charge in [0, 0.05) is 24.2 Å². The molecule has 20 heavy (non-hydrogen) atoms. The number of thiophene rings is 1. The Bertz CT molecular complexity index is 559. The second-order valence-corrected chi connectivity index (χ2v) is 7.60. The Morgan fingerprint density at radius 1 is 1.20 bits per heavy atom. The second-order valence-electron chi connectivity index (χ2n) is 4.20. The van der Waals surface area contributed by atoms with E-state index in [1.807, 2.05) is 0 Å². The minimum atomic E-state index is 0.663. The number of hydrogen-bond acceptors (Lipinski definition) is 5. The molecule has 0 bridgehead atoms. The summed E-state index contributed by atoms with van der Waals surface area (Å²) in [5.41, 5.74) is 0. The zero-order valence-electron chi connectivity index (χ0n) is 11.1. The fraction of sp³-hybridized carbons (Fsp3) is 0.385. The molecule has 0 unspecified atom stereocenters. The first-order valence-corrected chi connectivity index (χ1v) is 8.83. The largest absolute Gasteiger partial charge is 0.369 e. The summed E-state index contributed by atoms with van der Waals surface area (Å²) in [5.74, 6) is 1.49. The van der Waals surface area contributed by atoms with Crippen LogP contribution < -0.4 is 10.6 Å². The highest BCUT2D eigenvalue weighted by Gasteiger charge is 2.05. The highest BCUT2D eigenvalue weighted by molar-refractivity contribution is 9.11. The first-order valence-electron chi connectivity index (χ1n) is 6.43. The Morgan fingerprint density at radius 2 is 2.05 bits per heavy atom. The van der Waals surface area contributed by atoms with Crippen molar-refractivity contribution in [2.45, 2.75) is 19.8 Å². The number of rotatable bonds is 7. The van der Waals surface area contributed by atoms with Crippen LogP contribution in [0.3, 0.4) is 0 Å². The van der Waals surface area contributed by atoms with Crippen molar-refractivity contribution >= 4 is 55.0 Å². The van der Waals surface area contributed by atoms with Crippen LogP contribution in [0.25, 0.3) is 0 Å². The van der Waals surface area contributed by atoms with Gasteiger partial charge >= 0.3 is 0 Å². The Labute approximate surface area is 139 Å².